The summed E-state index contributed by atoms with van der Waals surface area (Å²) in [5, 5.41) is 13.1. The minimum atomic E-state index is -0.251. The number of fused-ring (bicyclic) bond motifs is 2. The average Bonchev–Trinajstić information content (AvgIpc) is 3.54. The van der Waals surface area contributed by atoms with Crippen molar-refractivity contribution in [1.29, 1.82) is 0 Å². The van der Waals surface area contributed by atoms with Crippen LogP contribution in [0.1, 0.15) is 33.4 Å². The molecule has 0 atom stereocenters. The zero-order chi connectivity index (χ0) is 27.7. The number of hydrogen-bond donors (Lipinski definition) is 3. The molecule has 2 aromatic carbocycles. The van der Waals surface area contributed by atoms with Crippen LogP contribution in [-0.2, 0) is 0 Å². The molecule has 5 aromatic rings. The molecule has 5 nitrogen and oxygen atoms in total. The standard InChI is InChI=1S/C33H32FN5/c1-7-21(16-24(8-2)36-20(3)33(4,5)6)29-18-27-31(19-35-29)38-39-32(27)30-17-26-25(10-9-11-28(26)37-30)22-12-14-23(34)15-13-22/h7-19,36-37H,2-3H2,1,4-6H3,(H,38,39)/b21-7+,24-16+. The van der Waals surface area contributed by atoms with E-state index in [4.69, 9.17) is 4.98 Å². The fourth-order valence-electron chi connectivity index (χ4n) is 4.42. The van der Waals surface area contributed by atoms with Crippen molar-refractivity contribution in [2.75, 3.05) is 0 Å². The van der Waals surface area contributed by atoms with Gasteiger partial charge in [-0.1, -0.05) is 64.3 Å². The normalized spacial score (nSPS) is 12.7. The van der Waals surface area contributed by atoms with Crippen LogP contribution in [0.2, 0.25) is 0 Å². The Hall–Kier alpha value is -4.71. The monoisotopic (exact) mass is 517 g/mol. The Kier molecular flexibility index (Phi) is 6.79. The molecule has 0 radical (unpaired) electrons. The Morgan fingerprint density at radius 1 is 1.03 bits per heavy atom. The number of nitrogens with zero attached hydrogens (tertiary/aromatic N) is 2. The van der Waals surface area contributed by atoms with Crippen molar-refractivity contribution in [3.8, 4) is 22.5 Å². The first-order chi connectivity index (χ1) is 18.7. The van der Waals surface area contributed by atoms with E-state index in [0.29, 0.717) is 0 Å². The summed E-state index contributed by atoms with van der Waals surface area (Å²) in [6.07, 6.45) is 7.64. The maximum absolute atomic E-state index is 13.5. The van der Waals surface area contributed by atoms with Crippen LogP contribution in [-0.4, -0.2) is 20.2 Å². The molecule has 0 aliphatic heterocycles. The Morgan fingerprint density at radius 2 is 1.79 bits per heavy atom. The van der Waals surface area contributed by atoms with Crippen LogP contribution in [0.15, 0.2) is 104 Å². The van der Waals surface area contributed by atoms with Crippen molar-refractivity contribution in [2.24, 2.45) is 5.41 Å². The second-order valence-electron chi connectivity index (χ2n) is 10.5. The van der Waals surface area contributed by atoms with E-state index in [0.717, 1.165) is 67.0 Å². The van der Waals surface area contributed by atoms with Gasteiger partial charge in [-0.05, 0) is 66.1 Å². The summed E-state index contributed by atoms with van der Waals surface area (Å²) in [5.74, 6) is -0.251. The summed E-state index contributed by atoms with van der Waals surface area (Å²) in [5.41, 5.74) is 8.93. The number of allylic oxidation sites excluding steroid dienone is 5. The summed E-state index contributed by atoms with van der Waals surface area (Å²) in [7, 11) is 0. The molecule has 39 heavy (non-hydrogen) atoms. The van der Waals surface area contributed by atoms with Crippen molar-refractivity contribution >= 4 is 27.4 Å². The van der Waals surface area contributed by atoms with Crippen molar-refractivity contribution in [1.82, 2.24) is 25.5 Å². The maximum atomic E-state index is 13.5. The zero-order valence-electron chi connectivity index (χ0n) is 22.7. The molecule has 0 saturated heterocycles. The highest BCUT2D eigenvalue weighted by molar-refractivity contribution is 6.01. The first kappa shape index (κ1) is 25.9. The predicted octanol–water partition coefficient (Wildman–Crippen LogP) is 8.53. The lowest BCUT2D eigenvalue weighted by atomic mass is 9.92. The van der Waals surface area contributed by atoms with Gasteiger partial charge in [0.2, 0.25) is 0 Å². The van der Waals surface area contributed by atoms with Gasteiger partial charge in [0.25, 0.3) is 0 Å². The lowest BCUT2D eigenvalue weighted by Crippen LogP contribution is -2.22. The topological polar surface area (TPSA) is 69.4 Å². The Bertz CT molecular complexity index is 1760. The zero-order valence-corrected chi connectivity index (χ0v) is 22.7. The van der Waals surface area contributed by atoms with E-state index < -0.39 is 0 Å². The molecular formula is C33H32FN5. The maximum Gasteiger partial charge on any atom is 0.123 e. The molecule has 3 aromatic heterocycles. The number of hydrogen-bond acceptors (Lipinski definition) is 3. The van der Waals surface area contributed by atoms with Crippen LogP contribution >= 0.6 is 0 Å². The van der Waals surface area contributed by atoms with E-state index in [2.05, 4.69) is 60.5 Å². The van der Waals surface area contributed by atoms with E-state index in [1.54, 1.807) is 24.4 Å². The lowest BCUT2D eigenvalue weighted by molar-refractivity contribution is 0.478. The molecule has 0 amide bonds. The fourth-order valence-corrected chi connectivity index (χ4v) is 4.42. The largest absolute Gasteiger partial charge is 0.359 e. The summed E-state index contributed by atoms with van der Waals surface area (Å²) < 4.78 is 13.5. The lowest BCUT2D eigenvalue weighted by Gasteiger charge is -2.23. The van der Waals surface area contributed by atoms with Crippen molar-refractivity contribution in [3.63, 3.8) is 0 Å². The molecule has 0 bridgehead atoms. The van der Waals surface area contributed by atoms with Gasteiger partial charge in [0.05, 0.1) is 23.1 Å². The minimum absolute atomic E-state index is 0.0861. The van der Waals surface area contributed by atoms with Crippen LogP contribution in [0.25, 0.3) is 49.9 Å². The van der Waals surface area contributed by atoms with E-state index in [9.17, 15) is 4.39 Å². The van der Waals surface area contributed by atoms with Crippen molar-refractivity contribution in [2.45, 2.75) is 27.7 Å². The molecule has 5 rings (SSSR count). The molecule has 0 aliphatic carbocycles. The first-order valence-corrected chi connectivity index (χ1v) is 12.9. The van der Waals surface area contributed by atoms with Crippen LogP contribution in [0.5, 0.6) is 0 Å². The third-order valence-electron chi connectivity index (χ3n) is 6.86. The first-order valence-electron chi connectivity index (χ1n) is 12.9. The summed E-state index contributed by atoms with van der Waals surface area (Å²) in [4.78, 5) is 8.21. The van der Waals surface area contributed by atoms with E-state index in [1.807, 2.05) is 43.3 Å². The van der Waals surface area contributed by atoms with Crippen LogP contribution in [0.3, 0.4) is 0 Å². The number of nitrogens with one attached hydrogen (secondary N) is 3. The van der Waals surface area contributed by atoms with E-state index in [-0.39, 0.29) is 11.2 Å². The molecule has 0 fully saturated rings. The van der Waals surface area contributed by atoms with Gasteiger partial charge in [-0.2, -0.15) is 5.10 Å². The Labute approximate surface area is 227 Å². The average molecular weight is 518 g/mol. The molecular weight excluding hydrogens is 485 g/mol. The third-order valence-corrected chi connectivity index (χ3v) is 6.86. The van der Waals surface area contributed by atoms with E-state index in [1.165, 1.54) is 12.1 Å². The van der Waals surface area contributed by atoms with Crippen LogP contribution < -0.4 is 5.32 Å². The minimum Gasteiger partial charge on any atom is -0.359 e. The molecule has 3 heterocycles. The Balaban J connectivity index is 1.54. The summed E-state index contributed by atoms with van der Waals surface area (Å²) in [6, 6.07) is 16.8. The van der Waals surface area contributed by atoms with Gasteiger partial charge in [-0.25, -0.2) is 4.39 Å². The number of H-pyrrole nitrogens is 2. The number of aromatic amines is 2. The van der Waals surface area contributed by atoms with Gasteiger partial charge in [-0.15, -0.1) is 0 Å². The van der Waals surface area contributed by atoms with Gasteiger partial charge < -0.3 is 10.3 Å². The van der Waals surface area contributed by atoms with Crippen LogP contribution in [0, 0.1) is 11.2 Å². The van der Waals surface area contributed by atoms with Crippen LogP contribution in [0.4, 0.5) is 4.39 Å². The summed E-state index contributed by atoms with van der Waals surface area (Å²) >= 11 is 0. The molecule has 0 aliphatic rings. The number of pyridine rings is 1. The number of aromatic nitrogens is 4. The molecule has 3 N–H and O–H groups in total. The number of benzene rings is 2. The smallest absolute Gasteiger partial charge is 0.123 e. The second-order valence-corrected chi connectivity index (χ2v) is 10.5. The van der Waals surface area contributed by atoms with Gasteiger partial charge in [0, 0.05) is 33.1 Å². The SMILES string of the molecule is C=C/C(=C\C(=C/C)c1cc2c(-c3cc4c(-c5ccc(F)cc5)cccc4[nH]3)n[nH]c2cn1)NC(=C)C(C)(C)C. The molecule has 0 spiro atoms. The fraction of sp³-hybridized carbons (Fsp3) is 0.152. The highest BCUT2D eigenvalue weighted by Crippen LogP contribution is 2.34. The van der Waals surface area contributed by atoms with Gasteiger partial charge in [0.15, 0.2) is 0 Å². The van der Waals surface area contributed by atoms with E-state index >= 15 is 0 Å². The number of rotatable bonds is 7. The number of halogens is 1. The predicted molar refractivity (Wildman–Crippen MR) is 160 cm³/mol. The molecule has 0 saturated carbocycles. The second kappa shape index (κ2) is 10.2. The third kappa shape index (κ3) is 5.18. The molecule has 6 heteroatoms. The van der Waals surface area contributed by atoms with Gasteiger partial charge in [-0.3, -0.25) is 10.1 Å². The highest BCUT2D eigenvalue weighted by atomic mass is 19.1. The highest BCUT2D eigenvalue weighted by Gasteiger charge is 2.17. The molecule has 0 unspecified atom stereocenters. The van der Waals surface area contributed by atoms with Gasteiger partial charge in [0.1, 0.15) is 11.5 Å². The van der Waals surface area contributed by atoms with Gasteiger partial charge >= 0.3 is 0 Å². The quantitative estimate of drug-likeness (QED) is 0.190. The van der Waals surface area contributed by atoms with Crippen molar-refractivity contribution in [3.05, 3.63) is 115 Å². The van der Waals surface area contributed by atoms with Crippen molar-refractivity contribution < 1.29 is 4.39 Å². The Morgan fingerprint density at radius 3 is 2.49 bits per heavy atom. The molecule has 196 valence electrons. The summed E-state index contributed by atoms with van der Waals surface area (Å²) in [6.45, 7) is 16.5.